The van der Waals surface area contributed by atoms with Crippen LogP contribution in [-0.2, 0) is 0 Å². The van der Waals surface area contributed by atoms with E-state index < -0.39 is 27.1 Å². The summed E-state index contributed by atoms with van der Waals surface area (Å²) < 4.78 is 16.7. The van der Waals surface area contributed by atoms with Crippen molar-refractivity contribution >= 4 is 39.4 Å². The zero-order valence-corrected chi connectivity index (χ0v) is 20.8. The summed E-state index contributed by atoms with van der Waals surface area (Å²) >= 11 is 3.32. The van der Waals surface area contributed by atoms with E-state index in [1.807, 2.05) is 0 Å². The Morgan fingerprint density at radius 2 is 1.76 bits per heavy atom. The molecular weight excluding hydrogens is 552 g/mol. The number of nitro groups is 2. The smallest absolute Gasteiger partial charge is 0.318 e. The maximum Gasteiger partial charge on any atom is 0.318 e. The first-order chi connectivity index (χ1) is 17.7. The second-order valence-corrected chi connectivity index (χ2v) is 7.98. The Kier molecular flexibility index (Phi) is 8.89. The van der Waals surface area contributed by atoms with Gasteiger partial charge < -0.3 is 14.2 Å². The highest BCUT2D eigenvalue weighted by molar-refractivity contribution is 9.10. The molecule has 3 rings (SSSR count). The summed E-state index contributed by atoms with van der Waals surface area (Å²) in [5, 5.41) is 26.2. The first-order valence-electron chi connectivity index (χ1n) is 10.4. The average molecular weight is 571 g/mol. The van der Waals surface area contributed by atoms with Crippen molar-refractivity contribution in [2.45, 2.75) is 0 Å². The van der Waals surface area contributed by atoms with E-state index in [1.165, 1.54) is 25.5 Å². The third kappa shape index (κ3) is 6.89. The molecule has 0 radical (unpaired) electrons. The number of non-ortho nitro benzene ring substituents is 1. The van der Waals surface area contributed by atoms with E-state index in [1.54, 1.807) is 30.3 Å². The number of halogens is 1. The van der Waals surface area contributed by atoms with Crippen LogP contribution in [-0.4, -0.2) is 35.7 Å². The number of hydrazone groups is 1. The summed E-state index contributed by atoms with van der Waals surface area (Å²) in [5.74, 6) is 0.430. The number of benzene rings is 3. The summed E-state index contributed by atoms with van der Waals surface area (Å²) in [6.07, 6.45) is 2.98. The zero-order chi connectivity index (χ0) is 26.9. The maximum atomic E-state index is 12.4. The third-order valence-electron chi connectivity index (χ3n) is 4.69. The van der Waals surface area contributed by atoms with Crippen molar-refractivity contribution in [3.8, 4) is 23.0 Å². The summed E-state index contributed by atoms with van der Waals surface area (Å²) in [4.78, 5) is 33.2. The Labute approximate surface area is 218 Å². The minimum atomic E-state index is -0.766. The number of nitrogens with one attached hydrogen (secondary N) is 1. The highest BCUT2D eigenvalue weighted by Crippen LogP contribution is 2.37. The van der Waals surface area contributed by atoms with Crippen LogP contribution < -0.4 is 19.6 Å². The molecule has 0 unspecified atom stereocenters. The molecular formula is C24H19BrN4O8. The quantitative estimate of drug-likeness (QED) is 0.139. The number of carbonyl (C=O) groups excluding carboxylic acids is 1. The molecule has 3 aromatic rings. The van der Waals surface area contributed by atoms with Crippen molar-refractivity contribution in [3.63, 3.8) is 0 Å². The minimum absolute atomic E-state index is 0.165. The van der Waals surface area contributed by atoms with Gasteiger partial charge in [-0.15, -0.1) is 0 Å². The molecule has 3 aromatic carbocycles. The van der Waals surface area contributed by atoms with Gasteiger partial charge in [-0.05, 0) is 64.0 Å². The lowest BCUT2D eigenvalue weighted by molar-refractivity contribution is -0.394. The first-order valence-corrected chi connectivity index (χ1v) is 11.2. The lowest BCUT2D eigenvalue weighted by Gasteiger charge is -2.10. The van der Waals surface area contributed by atoms with Crippen molar-refractivity contribution in [1.82, 2.24) is 5.43 Å². The standard InChI is InChI=1S/C24H19BrN4O8/c1-3-10-36-22-8-5-16(12-23(22)35-2)24(30)27-26-14-15-4-7-20(18(25)11-15)37-21-9-6-17(28(31)32)13-19(21)29(33)34/h3-9,11-14H,1,10H2,2H3,(H,27,30)/b26-14+. The number of nitro benzene ring substituents is 2. The molecule has 0 bridgehead atoms. The summed E-state index contributed by atoms with van der Waals surface area (Å²) in [6.45, 7) is 3.87. The Hall–Kier alpha value is -4.78. The fourth-order valence-electron chi connectivity index (χ4n) is 2.95. The normalized spacial score (nSPS) is 10.5. The number of amides is 1. The summed E-state index contributed by atoms with van der Waals surface area (Å²) in [5.41, 5.74) is 2.31. The van der Waals surface area contributed by atoms with Crippen molar-refractivity contribution in [2.24, 2.45) is 5.10 Å². The molecule has 1 amide bonds. The van der Waals surface area contributed by atoms with Crippen molar-refractivity contribution in [1.29, 1.82) is 0 Å². The third-order valence-corrected chi connectivity index (χ3v) is 5.31. The van der Waals surface area contributed by atoms with E-state index in [4.69, 9.17) is 14.2 Å². The van der Waals surface area contributed by atoms with E-state index in [-0.39, 0.29) is 18.1 Å². The van der Waals surface area contributed by atoms with Gasteiger partial charge in [-0.25, -0.2) is 5.43 Å². The lowest BCUT2D eigenvalue weighted by Crippen LogP contribution is -2.17. The molecule has 0 heterocycles. The molecule has 13 heteroatoms. The molecule has 0 saturated heterocycles. The van der Waals surface area contributed by atoms with Crippen LogP contribution >= 0.6 is 15.9 Å². The minimum Gasteiger partial charge on any atom is -0.493 e. The fraction of sp³-hybridized carbons (Fsp3) is 0.0833. The van der Waals surface area contributed by atoms with Gasteiger partial charge in [0.25, 0.3) is 11.6 Å². The second kappa shape index (κ2) is 12.3. The van der Waals surface area contributed by atoms with Crippen molar-refractivity contribution in [2.75, 3.05) is 13.7 Å². The summed E-state index contributed by atoms with van der Waals surface area (Å²) in [7, 11) is 1.46. The van der Waals surface area contributed by atoms with Crippen LogP contribution in [0.4, 0.5) is 11.4 Å². The van der Waals surface area contributed by atoms with Gasteiger partial charge >= 0.3 is 5.69 Å². The highest BCUT2D eigenvalue weighted by atomic mass is 79.9. The summed E-state index contributed by atoms with van der Waals surface area (Å²) in [6, 6.07) is 12.5. The zero-order valence-electron chi connectivity index (χ0n) is 19.3. The number of nitrogens with zero attached hydrogens (tertiary/aromatic N) is 3. The van der Waals surface area contributed by atoms with E-state index >= 15 is 0 Å². The Balaban J connectivity index is 1.69. The molecule has 0 atom stereocenters. The molecule has 12 nitrogen and oxygen atoms in total. The molecule has 0 fully saturated rings. The van der Waals surface area contributed by atoms with E-state index in [9.17, 15) is 25.0 Å². The number of hydrogen-bond acceptors (Lipinski definition) is 9. The SMILES string of the molecule is C=CCOc1ccc(C(=O)N/N=C/c2ccc(Oc3ccc([N+](=O)[O-])cc3[N+](=O)[O-])c(Br)c2)cc1OC. The number of carbonyl (C=O) groups is 1. The van der Waals surface area contributed by atoms with E-state index in [2.05, 4.69) is 33.0 Å². The van der Waals surface area contributed by atoms with Crippen LogP contribution in [0.25, 0.3) is 0 Å². The molecule has 0 aliphatic carbocycles. The molecule has 0 aromatic heterocycles. The highest BCUT2D eigenvalue weighted by Gasteiger charge is 2.22. The van der Waals surface area contributed by atoms with Gasteiger partial charge in [0.2, 0.25) is 5.75 Å². The van der Waals surface area contributed by atoms with Crippen molar-refractivity contribution in [3.05, 3.63) is 103 Å². The van der Waals surface area contributed by atoms with Crippen LogP contribution in [0.3, 0.4) is 0 Å². The number of hydrogen-bond donors (Lipinski definition) is 1. The molecule has 0 aliphatic heterocycles. The van der Waals surface area contributed by atoms with Gasteiger partial charge in [0.05, 0.1) is 33.7 Å². The molecule has 190 valence electrons. The Morgan fingerprint density at radius 3 is 2.41 bits per heavy atom. The molecule has 0 aliphatic rings. The fourth-order valence-corrected chi connectivity index (χ4v) is 3.43. The Morgan fingerprint density at radius 1 is 1.03 bits per heavy atom. The van der Waals surface area contributed by atoms with Gasteiger partial charge in [0, 0.05) is 11.6 Å². The number of rotatable bonds is 11. The molecule has 0 spiro atoms. The lowest BCUT2D eigenvalue weighted by atomic mass is 10.2. The number of methoxy groups -OCH3 is 1. The van der Waals surface area contributed by atoms with Crippen LogP contribution in [0.15, 0.2) is 76.8 Å². The van der Waals surface area contributed by atoms with Gasteiger partial charge in [0.1, 0.15) is 12.4 Å². The monoisotopic (exact) mass is 570 g/mol. The predicted molar refractivity (Wildman–Crippen MR) is 138 cm³/mol. The van der Waals surface area contributed by atoms with Gasteiger partial charge in [0.15, 0.2) is 11.5 Å². The van der Waals surface area contributed by atoms with E-state index in [0.717, 1.165) is 18.2 Å². The van der Waals surface area contributed by atoms with Gasteiger partial charge in [-0.3, -0.25) is 25.0 Å². The Bertz CT molecular complexity index is 1390. The van der Waals surface area contributed by atoms with Crippen LogP contribution in [0.5, 0.6) is 23.0 Å². The average Bonchev–Trinajstić information content (AvgIpc) is 2.88. The number of ether oxygens (including phenoxy) is 3. The van der Waals surface area contributed by atoms with Gasteiger partial charge in [-0.2, -0.15) is 5.10 Å². The molecule has 0 saturated carbocycles. The largest absolute Gasteiger partial charge is 0.493 e. The van der Waals surface area contributed by atoms with Crippen LogP contribution in [0.2, 0.25) is 0 Å². The maximum absolute atomic E-state index is 12.4. The van der Waals surface area contributed by atoms with Crippen LogP contribution in [0.1, 0.15) is 15.9 Å². The molecule has 37 heavy (non-hydrogen) atoms. The van der Waals surface area contributed by atoms with Gasteiger partial charge in [-0.1, -0.05) is 12.7 Å². The molecule has 1 N–H and O–H groups in total. The second-order valence-electron chi connectivity index (χ2n) is 7.12. The van der Waals surface area contributed by atoms with E-state index in [0.29, 0.717) is 27.1 Å². The predicted octanol–water partition coefficient (Wildman–Crippen LogP) is 5.40. The topological polar surface area (TPSA) is 155 Å². The first kappa shape index (κ1) is 26.8. The van der Waals surface area contributed by atoms with Crippen molar-refractivity contribution < 1.29 is 28.9 Å². The van der Waals surface area contributed by atoms with Crippen LogP contribution in [0, 0.1) is 20.2 Å².